The summed E-state index contributed by atoms with van der Waals surface area (Å²) in [5.41, 5.74) is 1.53. The van der Waals surface area contributed by atoms with Crippen LogP contribution in [0.3, 0.4) is 0 Å². The molecule has 0 saturated heterocycles. The van der Waals surface area contributed by atoms with Gasteiger partial charge in [-0.2, -0.15) is 0 Å². The minimum atomic E-state index is -0.165. The van der Waals surface area contributed by atoms with Crippen molar-refractivity contribution >= 4 is 22.5 Å². The highest BCUT2D eigenvalue weighted by Gasteiger charge is 2.15. The van der Waals surface area contributed by atoms with Crippen molar-refractivity contribution in [1.82, 2.24) is 4.90 Å². The van der Waals surface area contributed by atoms with E-state index in [1.807, 2.05) is 61.5 Å². The molecule has 0 radical (unpaired) electrons. The first-order valence-corrected chi connectivity index (χ1v) is 8.49. The molecule has 0 aliphatic carbocycles. The molecule has 2 N–H and O–H groups in total. The van der Waals surface area contributed by atoms with Crippen molar-refractivity contribution in [1.29, 1.82) is 0 Å². The van der Waals surface area contributed by atoms with Crippen LogP contribution in [0.1, 0.15) is 18.9 Å². The summed E-state index contributed by atoms with van der Waals surface area (Å²) in [6.45, 7) is 3.02. The zero-order valence-electron chi connectivity index (χ0n) is 14.3. The van der Waals surface area contributed by atoms with Gasteiger partial charge in [0.1, 0.15) is 5.75 Å². The fraction of sp³-hybridized carbons (Fsp3) is 0.190. The lowest BCUT2D eigenvalue weighted by molar-refractivity contribution is 0.208. The Morgan fingerprint density at radius 2 is 1.72 bits per heavy atom. The number of phenols is 1. The highest BCUT2D eigenvalue weighted by atomic mass is 16.3. The molecule has 0 unspecified atom stereocenters. The van der Waals surface area contributed by atoms with Crippen LogP contribution < -0.4 is 5.32 Å². The van der Waals surface area contributed by atoms with Crippen LogP contribution in [-0.4, -0.2) is 22.6 Å². The molecule has 2 amide bonds. The first-order chi connectivity index (χ1) is 12.2. The van der Waals surface area contributed by atoms with E-state index in [0.717, 1.165) is 28.4 Å². The number of para-hydroxylation sites is 1. The molecule has 25 heavy (non-hydrogen) atoms. The van der Waals surface area contributed by atoms with E-state index in [2.05, 4.69) is 5.32 Å². The van der Waals surface area contributed by atoms with E-state index in [0.29, 0.717) is 13.1 Å². The van der Waals surface area contributed by atoms with Crippen molar-refractivity contribution in [3.8, 4) is 5.75 Å². The van der Waals surface area contributed by atoms with Crippen molar-refractivity contribution < 1.29 is 9.90 Å². The van der Waals surface area contributed by atoms with Gasteiger partial charge in [0.2, 0.25) is 0 Å². The van der Waals surface area contributed by atoms with Gasteiger partial charge in [0.15, 0.2) is 0 Å². The second-order valence-electron chi connectivity index (χ2n) is 6.01. The minimum Gasteiger partial charge on any atom is -0.508 e. The molecule has 0 atom stereocenters. The number of amides is 2. The van der Waals surface area contributed by atoms with E-state index in [-0.39, 0.29) is 11.8 Å². The summed E-state index contributed by atoms with van der Waals surface area (Å²) in [4.78, 5) is 14.5. The first kappa shape index (κ1) is 16.8. The third-order valence-corrected chi connectivity index (χ3v) is 4.16. The molecular formula is C21H22N2O2. The molecule has 4 heteroatoms. The van der Waals surface area contributed by atoms with E-state index in [1.165, 1.54) is 0 Å². The number of nitrogens with zero attached hydrogens (tertiary/aromatic N) is 1. The van der Waals surface area contributed by atoms with Gasteiger partial charge in [-0.15, -0.1) is 0 Å². The normalized spacial score (nSPS) is 10.6. The van der Waals surface area contributed by atoms with Crippen LogP contribution in [0.2, 0.25) is 0 Å². The minimum absolute atomic E-state index is 0.165. The Balaban J connectivity index is 1.82. The summed E-state index contributed by atoms with van der Waals surface area (Å²) in [5, 5.41) is 15.1. The van der Waals surface area contributed by atoms with Gasteiger partial charge in [0.25, 0.3) is 0 Å². The summed E-state index contributed by atoms with van der Waals surface area (Å²) in [7, 11) is 0. The van der Waals surface area contributed by atoms with Gasteiger partial charge in [-0.3, -0.25) is 0 Å². The van der Waals surface area contributed by atoms with Crippen LogP contribution >= 0.6 is 0 Å². The lowest BCUT2D eigenvalue weighted by Gasteiger charge is -2.23. The second-order valence-corrected chi connectivity index (χ2v) is 6.01. The number of aromatic hydroxyl groups is 1. The van der Waals surface area contributed by atoms with Crippen molar-refractivity contribution in [2.24, 2.45) is 0 Å². The maximum absolute atomic E-state index is 12.8. The zero-order valence-corrected chi connectivity index (χ0v) is 14.3. The van der Waals surface area contributed by atoms with E-state index >= 15 is 0 Å². The van der Waals surface area contributed by atoms with Crippen LogP contribution in [0.5, 0.6) is 5.75 Å². The van der Waals surface area contributed by atoms with Crippen molar-refractivity contribution in [2.45, 2.75) is 19.9 Å². The molecule has 0 spiro atoms. The number of benzene rings is 3. The predicted molar refractivity (Wildman–Crippen MR) is 102 cm³/mol. The molecule has 0 aromatic heterocycles. The van der Waals surface area contributed by atoms with Crippen LogP contribution in [-0.2, 0) is 6.54 Å². The Morgan fingerprint density at radius 3 is 2.52 bits per heavy atom. The number of rotatable bonds is 5. The summed E-state index contributed by atoms with van der Waals surface area (Å²) in [5.74, 6) is 0.210. The second kappa shape index (κ2) is 7.71. The largest absolute Gasteiger partial charge is 0.508 e. The number of hydrogen-bond donors (Lipinski definition) is 2. The van der Waals surface area contributed by atoms with Gasteiger partial charge in [-0.25, -0.2) is 4.79 Å². The first-order valence-electron chi connectivity index (χ1n) is 8.49. The summed E-state index contributed by atoms with van der Waals surface area (Å²) in [6.07, 6.45) is 0.844. The molecule has 0 heterocycles. The lowest BCUT2D eigenvalue weighted by atomic mass is 10.1. The molecule has 3 rings (SSSR count). The van der Waals surface area contributed by atoms with Crippen LogP contribution in [0, 0.1) is 0 Å². The Hall–Kier alpha value is -3.01. The van der Waals surface area contributed by atoms with E-state index in [1.54, 1.807) is 17.0 Å². The lowest BCUT2D eigenvalue weighted by Crippen LogP contribution is -2.35. The smallest absolute Gasteiger partial charge is 0.322 e. The fourth-order valence-electron chi connectivity index (χ4n) is 2.90. The Morgan fingerprint density at radius 1 is 1.00 bits per heavy atom. The molecular weight excluding hydrogens is 312 g/mol. The number of nitrogens with one attached hydrogen (secondary N) is 1. The predicted octanol–water partition coefficient (Wildman–Crippen LogP) is 4.99. The van der Waals surface area contributed by atoms with Gasteiger partial charge < -0.3 is 15.3 Å². The monoisotopic (exact) mass is 334 g/mol. The molecule has 0 bridgehead atoms. The van der Waals surface area contributed by atoms with Crippen LogP contribution in [0.4, 0.5) is 10.5 Å². The summed E-state index contributed by atoms with van der Waals surface area (Å²) >= 11 is 0. The Labute approximate surface area is 147 Å². The Bertz CT molecular complexity index is 871. The van der Waals surface area contributed by atoms with E-state index in [9.17, 15) is 9.90 Å². The SMILES string of the molecule is CCCN(Cc1ccccc1O)C(=O)Nc1cccc2ccccc12. The van der Waals surface area contributed by atoms with Crippen molar-refractivity contribution in [3.05, 3.63) is 72.3 Å². The molecule has 0 saturated carbocycles. The van der Waals surface area contributed by atoms with Gasteiger partial charge in [0.05, 0.1) is 12.2 Å². The van der Waals surface area contributed by atoms with Gasteiger partial charge >= 0.3 is 6.03 Å². The average Bonchev–Trinajstić information content (AvgIpc) is 2.63. The maximum atomic E-state index is 12.8. The third-order valence-electron chi connectivity index (χ3n) is 4.16. The maximum Gasteiger partial charge on any atom is 0.322 e. The fourth-order valence-corrected chi connectivity index (χ4v) is 2.90. The third kappa shape index (κ3) is 3.91. The molecule has 0 fully saturated rings. The molecule has 0 aliphatic heterocycles. The molecule has 3 aromatic carbocycles. The van der Waals surface area contributed by atoms with Gasteiger partial charge in [-0.05, 0) is 23.9 Å². The topological polar surface area (TPSA) is 52.6 Å². The van der Waals surface area contributed by atoms with Crippen LogP contribution in [0.25, 0.3) is 10.8 Å². The zero-order chi connectivity index (χ0) is 17.6. The highest BCUT2D eigenvalue weighted by Crippen LogP contribution is 2.24. The number of phenolic OH excluding ortho intramolecular Hbond substituents is 1. The van der Waals surface area contributed by atoms with Crippen molar-refractivity contribution in [3.63, 3.8) is 0 Å². The standard InChI is InChI=1S/C21H22N2O2/c1-2-14-23(15-17-9-4-6-13-20(17)24)21(25)22-19-12-7-10-16-8-3-5-11-18(16)19/h3-13,24H,2,14-15H2,1H3,(H,22,25). The number of urea groups is 1. The number of carbonyl (C=O) groups excluding carboxylic acids is 1. The number of hydrogen-bond acceptors (Lipinski definition) is 2. The van der Waals surface area contributed by atoms with Crippen molar-refractivity contribution in [2.75, 3.05) is 11.9 Å². The highest BCUT2D eigenvalue weighted by molar-refractivity contribution is 6.01. The van der Waals surface area contributed by atoms with Crippen LogP contribution in [0.15, 0.2) is 66.7 Å². The Kier molecular flexibility index (Phi) is 5.19. The molecule has 0 aliphatic rings. The number of carbonyl (C=O) groups is 1. The summed E-state index contributed by atoms with van der Waals surface area (Å²) < 4.78 is 0. The summed E-state index contributed by atoms with van der Waals surface area (Å²) in [6, 6.07) is 20.8. The number of anilines is 1. The average molecular weight is 334 g/mol. The quantitative estimate of drug-likeness (QED) is 0.690. The molecule has 3 aromatic rings. The van der Waals surface area contributed by atoms with Gasteiger partial charge in [0, 0.05) is 17.5 Å². The van der Waals surface area contributed by atoms with Gasteiger partial charge in [-0.1, -0.05) is 61.5 Å². The molecule has 4 nitrogen and oxygen atoms in total. The number of fused-ring (bicyclic) bond motifs is 1. The van der Waals surface area contributed by atoms with E-state index in [4.69, 9.17) is 0 Å². The van der Waals surface area contributed by atoms with E-state index < -0.39 is 0 Å². The molecule has 128 valence electrons.